The molecule has 0 spiro atoms. The molecule has 7 nitrogen and oxygen atoms in total. The van der Waals surface area contributed by atoms with Crippen LogP contribution in [0.2, 0.25) is 0 Å². The summed E-state index contributed by atoms with van der Waals surface area (Å²) in [6.07, 6.45) is 0.168. The Morgan fingerprint density at radius 2 is 2.00 bits per heavy atom. The Labute approximate surface area is 163 Å². The van der Waals surface area contributed by atoms with Crippen LogP contribution >= 0.6 is 0 Å². The predicted molar refractivity (Wildman–Crippen MR) is 102 cm³/mol. The third-order valence-electron chi connectivity index (χ3n) is 4.65. The monoisotopic (exact) mass is 386 g/mol. The normalized spacial score (nSPS) is 20.2. The molecule has 1 aliphatic heterocycles. The number of nitrogens with zero attached hydrogens (tertiary/aromatic N) is 3. The molecule has 3 rings (SSSR count). The van der Waals surface area contributed by atoms with E-state index in [1.807, 2.05) is 0 Å². The van der Waals surface area contributed by atoms with Gasteiger partial charge in [0, 0.05) is 27.3 Å². The molecular formula is C20H23FN4O3. The molecule has 2 heterocycles. The number of nitrogens with two attached hydrogens (primary N) is 1. The number of carbonyl (C=O) groups excluding carboxylic acids is 1. The molecule has 0 fully saturated rings. The summed E-state index contributed by atoms with van der Waals surface area (Å²) in [5.41, 5.74) is 7.22. The van der Waals surface area contributed by atoms with E-state index in [4.69, 9.17) is 15.2 Å². The first-order chi connectivity index (χ1) is 13.3. The highest BCUT2D eigenvalue weighted by molar-refractivity contribution is 6.08. The van der Waals surface area contributed by atoms with Crippen LogP contribution < -0.4 is 10.5 Å². The second-order valence-electron chi connectivity index (χ2n) is 6.65. The van der Waals surface area contributed by atoms with Crippen LogP contribution in [0.4, 0.5) is 4.39 Å². The number of hydrogen-bond acceptors (Lipinski definition) is 6. The number of aromatic nitrogens is 1. The zero-order chi connectivity index (χ0) is 20.5. The number of aliphatic imine (C=N–C) groups is 1. The van der Waals surface area contributed by atoms with E-state index >= 15 is 0 Å². The molecule has 2 aromatic rings. The number of guanidine groups is 1. The Morgan fingerprint density at radius 1 is 1.29 bits per heavy atom. The van der Waals surface area contributed by atoms with Crippen molar-refractivity contribution in [2.75, 3.05) is 14.2 Å². The number of ether oxygens (including phenoxy) is 2. The van der Waals surface area contributed by atoms with Crippen LogP contribution in [0.1, 0.15) is 29.3 Å². The van der Waals surface area contributed by atoms with Gasteiger partial charge in [-0.25, -0.2) is 9.38 Å². The number of amides is 1. The fourth-order valence-corrected chi connectivity index (χ4v) is 3.30. The first-order valence-electron chi connectivity index (χ1n) is 8.79. The standard InChI is InChI=1S/C20H23FN4O3/c1-12-9-14(5-6-17(12)28-13(2)21)20(18(26)25(3)19(22)24-20)15-7-8-23-16(10-15)11-27-4/h5-10,13H,11H2,1-4H3,(H2,22,24). The van der Waals surface area contributed by atoms with Crippen molar-refractivity contribution in [3.05, 3.63) is 58.9 Å². The van der Waals surface area contributed by atoms with E-state index in [-0.39, 0.29) is 11.9 Å². The number of alkyl halides is 1. The minimum atomic E-state index is -1.44. The number of pyridine rings is 1. The van der Waals surface area contributed by atoms with Gasteiger partial charge < -0.3 is 15.2 Å². The Bertz CT molecular complexity index is 931. The number of aryl methyl sites for hydroxylation is 1. The summed E-state index contributed by atoms with van der Waals surface area (Å²) in [7, 11) is 3.15. The fourth-order valence-electron chi connectivity index (χ4n) is 3.30. The maximum atomic E-state index is 13.3. The molecule has 28 heavy (non-hydrogen) atoms. The van der Waals surface area contributed by atoms with Crippen molar-refractivity contribution in [2.45, 2.75) is 32.4 Å². The van der Waals surface area contributed by atoms with E-state index in [1.165, 1.54) is 11.8 Å². The SMILES string of the molecule is COCc1cc(C2(c3ccc(OC(C)F)c(C)c3)N=C(N)N(C)C2=O)ccn1. The number of rotatable bonds is 6. The Kier molecular flexibility index (Phi) is 5.33. The summed E-state index contributed by atoms with van der Waals surface area (Å²) >= 11 is 0. The molecule has 1 aromatic carbocycles. The minimum Gasteiger partial charge on any atom is -0.460 e. The van der Waals surface area contributed by atoms with Crippen molar-refractivity contribution in [1.82, 2.24) is 9.88 Å². The lowest BCUT2D eigenvalue weighted by Gasteiger charge is -2.27. The lowest BCUT2D eigenvalue weighted by atomic mass is 9.82. The van der Waals surface area contributed by atoms with Gasteiger partial charge in [-0.3, -0.25) is 14.7 Å². The molecule has 8 heteroatoms. The highest BCUT2D eigenvalue weighted by Crippen LogP contribution is 2.40. The maximum absolute atomic E-state index is 13.3. The lowest BCUT2D eigenvalue weighted by Crippen LogP contribution is -2.41. The van der Waals surface area contributed by atoms with Crippen molar-refractivity contribution >= 4 is 11.9 Å². The van der Waals surface area contributed by atoms with Crippen LogP contribution in [0.5, 0.6) is 5.75 Å². The summed E-state index contributed by atoms with van der Waals surface area (Å²) in [6.45, 7) is 3.39. The van der Waals surface area contributed by atoms with E-state index in [1.54, 1.807) is 57.6 Å². The maximum Gasteiger partial charge on any atom is 0.266 e. The number of methoxy groups -OCH3 is 1. The zero-order valence-corrected chi connectivity index (χ0v) is 16.3. The van der Waals surface area contributed by atoms with Gasteiger partial charge in [0.25, 0.3) is 5.91 Å². The zero-order valence-electron chi connectivity index (χ0n) is 16.3. The van der Waals surface area contributed by atoms with Crippen LogP contribution in [-0.2, 0) is 21.7 Å². The molecule has 0 bridgehead atoms. The first kappa shape index (κ1) is 19.8. The van der Waals surface area contributed by atoms with Gasteiger partial charge in [-0.2, -0.15) is 0 Å². The molecule has 0 aliphatic carbocycles. The number of hydrogen-bond donors (Lipinski definition) is 1. The third-order valence-corrected chi connectivity index (χ3v) is 4.65. The van der Waals surface area contributed by atoms with Crippen molar-refractivity contribution in [3.8, 4) is 5.75 Å². The molecule has 1 amide bonds. The largest absolute Gasteiger partial charge is 0.460 e. The molecule has 2 atom stereocenters. The van der Waals surface area contributed by atoms with Crippen LogP contribution in [0.15, 0.2) is 41.5 Å². The summed E-state index contributed by atoms with van der Waals surface area (Å²) in [6, 6.07) is 8.62. The summed E-state index contributed by atoms with van der Waals surface area (Å²) in [4.78, 5) is 23.4. The quantitative estimate of drug-likeness (QED) is 0.822. The molecule has 1 aliphatic rings. The molecule has 0 radical (unpaired) electrons. The average molecular weight is 386 g/mol. The van der Waals surface area contributed by atoms with Crippen LogP contribution in [-0.4, -0.2) is 42.3 Å². The predicted octanol–water partition coefficient (Wildman–Crippen LogP) is 2.26. The summed E-state index contributed by atoms with van der Waals surface area (Å²) in [5, 5.41) is 0. The molecule has 2 N–H and O–H groups in total. The molecule has 148 valence electrons. The average Bonchev–Trinajstić information content (AvgIpc) is 2.88. The number of benzene rings is 1. The van der Waals surface area contributed by atoms with Gasteiger partial charge in [0.2, 0.25) is 6.36 Å². The van der Waals surface area contributed by atoms with Gasteiger partial charge >= 0.3 is 0 Å². The Hall–Kier alpha value is -3.00. The van der Waals surface area contributed by atoms with E-state index in [0.29, 0.717) is 34.7 Å². The summed E-state index contributed by atoms with van der Waals surface area (Å²) < 4.78 is 23.6. The highest BCUT2D eigenvalue weighted by Gasteiger charge is 2.49. The second-order valence-corrected chi connectivity index (χ2v) is 6.65. The van der Waals surface area contributed by atoms with Crippen molar-refractivity contribution < 1.29 is 18.7 Å². The van der Waals surface area contributed by atoms with Gasteiger partial charge in [-0.15, -0.1) is 0 Å². The Balaban J connectivity index is 2.18. The molecule has 0 saturated heterocycles. The van der Waals surface area contributed by atoms with Gasteiger partial charge in [0.05, 0.1) is 12.3 Å². The highest BCUT2D eigenvalue weighted by atomic mass is 19.1. The van der Waals surface area contributed by atoms with E-state index in [2.05, 4.69) is 9.98 Å². The topological polar surface area (TPSA) is 90.0 Å². The van der Waals surface area contributed by atoms with E-state index in [0.717, 1.165) is 0 Å². The third kappa shape index (κ3) is 3.31. The minimum absolute atomic E-state index is 0.116. The molecule has 1 aromatic heterocycles. The number of halogens is 1. The van der Waals surface area contributed by atoms with Crippen molar-refractivity contribution in [3.63, 3.8) is 0 Å². The van der Waals surface area contributed by atoms with Gasteiger partial charge in [0.15, 0.2) is 11.5 Å². The Morgan fingerprint density at radius 3 is 2.57 bits per heavy atom. The summed E-state index contributed by atoms with van der Waals surface area (Å²) in [5.74, 6) is 0.233. The fraction of sp³-hybridized carbons (Fsp3) is 0.350. The molecular weight excluding hydrogens is 363 g/mol. The lowest BCUT2D eigenvalue weighted by molar-refractivity contribution is -0.129. The van der Waals surface area contributed by atoms with Crippen LogP contribution in [0.3, 0.4) is 0 Å². The second kappa shape index (κ2) is 7.55. The van der Waals surface area contributed by atoms with Gasteiger partial charge in [0.1, 0.15) is 5.75 Å². The van der Waals surface area contributed by atoms with Crippen LogP contribution in [0.25, 0.3) is 0 Å². The van der Waals surface area contributed by atoms with Gasteiger partial charge in [-0.05, 0) is 47.9 Å². The van der Waals surface area contributed by atoms with E-state index < -0.39 is 11.9 Å². The van der Waals surface area contributed by atoms with Crippen molar-refractivity contribution in [1.29, 1.82) is 0 Å². The number of likely N-dealkylation sites (N-methyl/N-ethyl adjacent to an activating group) is 1. The molecule has 0 saturated carbocycles. The first-order valence-corrected chi connectivity index (χ1v) is 8.79. The van der Waals surface area contributed by atoms with E-state index in [9.17, 15) is 9.18 Å². The smallest absolute Gasteiger partial charge is 0.266 e. The van der Waals surface area contributed by atoms with Crippen molar-refractivity contribution in [2.24, 2.45) is 10.7 Å². The van der Waals surface area contributed by atoms with Gasteiger partial charge in [-0.1, -0.05) is 6.07 Å². The molecule has 2 unspecified atom stereocenters. The van der Waals surface area contributed by atoms with Crippen LogP contribution in [0, 0.1) is 6.92 Å². The number of carbonyl (C=O) groups is 1.